The molecule has 0 unspecified atom stereocenters. The summed E-state index contributed by atoms with van der Waals surface area (Å²) in [6, 6.07) is 27.5. The maximum Gasteiger partial charge on any atom is 0.267 e. The Balaban J connectivity index is 1.77. The molecule has 3 aromatic carbocycles. The fourth-order valence-corrected chi connectivity index (χ4v) is 3.82. The summed E-state index contributed by atoms with van der Waals surface area (Å²) in [4.78, 5) is 14.8. The molecule has 0 atom stereocenters. The van der Waals surface area contributed by atoms with E-state index in [9.17, 15) is 10.1 Å². The van der Waals surface area contributed by atoms with Crippen LogP contribution in [0, 0.1) is 11.3 Å². The number of hydrogen-bond acceptors (Lipinski definition) is 4. The minimum absolute atomic E-state index is 0.00748. The van der Waals surface area contributed by atoms with Crippen LogP contribution < -0.4 is 10.6 Å². The molecule has 0 saturated heterocycles. The highest BCUT2D eigenvalue weighted by atomic mass is 32.2. The third-order valence-corrected chi connectivity index (χ3v) is 5.51. The second-order valence-corrected chi connectivity index (χ2v) is 8.04. The van der Waals surface area contributed by atoms with E-state index in [2.05, 4.69) is 24.5 Å². The van der Waals surface area contributed by atoms with Gasteiger partial charge in [-0.1, -0.05) is 74.1 Å². The van der Waals surface area contributed by atoms with Gasteiger partial charge in [-0.25, -0.2) is 0 Å². The number of amides is 1. The highest BCUT2D eigenvalue weighted by Gasteiger charge is 2.13. The molecule has 0 aliphatic heterocycles. The SMILES string of the molecule is CC(C)c1ccccc1NC(=O)/C(C#N)=C\Nc1ccccc1Sc1ccccc1. The van der Waals surface area contributed by atoms with Gasteiger partial charge in [0.2, 0.25) is 0 Å². The molecular formula is C25H23N3OS. The van der Waals surface area contributed by atoms with Crippen molar-refractivity contribution in [2.75, 3.05) is 10.6 Å². The number of carbonyl (C=O) groups excluding carboxylic acids is 1. The third-order valence-electron chi connectivity index (χ3n) is 4.43. The summed E-state index contributed by atoms with van der Waals surface area (Å²) in [7, 11) is 0. The number of anilines is 2. The maximum absolute atomic E-state index is 12.7. The van der Waals surface area contributed by atoms with Crippen LogP contribution in [-0.2, 0) is 4.79 Å². The lowest BCUT2D eigenvalue weighted by Gasteiger charge is -2.13. The van der Waals surface area contributed by atoms with Crippen molar-refractivity contribution in [2.24, 2.45) is 0 Å². The van der Waals surface area contributed by atoms with Crippen LogP contribution in [0.3, 0.4) is 0 Å². The molecule has 3 aromatic rings. The van der Waals surface area contributed by atoms with Crippen LogP contribution in [0.15, 0.2) is 100 Å². The van der Waals surface area contributed by atoms with Gasteiger partial charge in [0, 0.05) is 21.7 Å². The van der Waals surface area contributed by atoms with Crippen molar-refractivity contribution < 1.29 is 4.79 Å². The van der Waals surface area contributed by atoms with Crippen LogP contribution in [-0.4, -0.2) is 5.91 Å². The van der Waals surface area contributed by atoms with E-state index in [-0.39, 0.29) is 11.5 Å². The van der Waals surface area contributed by atoms with Crippen molar-refractivity contribution >= 4 is 29.0 Å². The number of nitrogens with one attached hydrogen (secondary N) is 2. The molecule has 2 N–H and O–H groups in total. The lowest BCUT2D eigenvalue weighted by molar-refractivity contribution is -0.112. The lowest BCUT2D eigenvalue weighted by Crippen LogP contribution is -2.16. The first kappa shape index (κ1) is 21.2. The van der Waals surface area contributed by atoms with Crippen LogP contribution >= 0.6 is 11.8 Å². The van der Waals surface area contributed by atoms with E-state index in [0.717, 1.165) is 26.7 Å². The molecule has 3 rings (SSSR count). The van der Waals surface area contributed by atoms with Gasteiger partial charge in [-0.15, -0.1) is 0 Å². The van der Waals surface area contributed by atoms with Gasteiger partial charge in [-0.2, -0.15) is 5.26 Å². The Bertz CT molecular complexity index is 1080. The molecule has 0 bridgehead atoms. The minimum Gasteiger partial charge on any atom is -0.359 e. The first-order chi connectivity index (χ1) is 14.6. The van der Waals surface area contributed by atoms with Crippen LogP contribution in [0.5, 0.6) is 0 Å². The van der Waals surface area contributed by atoms with E-state index in [4.69, 9.17) is 0 Å². The molecule has 1 amide bonds. The zero-order valence-corrected chi connectivity index (χ0v) is 17.7. The van der Waals surface area contributed by atoms with Crippen molar-refractivity contribution in [2.45, 2.75) is 29.6 Å². The van der Waals surface area contributed by atoms with E-state index in [1.807, 2.05) is 84.9 Å². The molecule has 0 aliphatic rings. The van der Waals surface area contributed by atoms with Gasteiger partial charge in [0.1, 0.15) is 11.6 Å². The Hall–Kier alpha value is -3.49. The Morgan fingerprint density at radius 1 is 0.933 bits per heavy atom. The summed E-state index contributed by atoms with van der Waals surface area (Å²) in [6.07, 6.45) is 1.46. The largest absolute Gasteiger partial charge is 0.359 e. The predicted octanol–water partition coefficient (Wildman–Crippen LogP) is 6.42. The van der Waals surface area contributed by atoms with Crippen LogP contribution in [0.1, 0.15) is 25.3 Å². The van der Waals surface area contributed by atoms with Gasteiger partial charge in [-0.3, -0.25) is 4.79 Å². The second-order valence-electron chi connectivity index (χ2n) is 6.92. The number of benzene rings is 3. The quantitative estimate of drug-likeness (QED) is 0.346. The van der Waals surface area contributed by atoms with E-state index in [1.54, 1.807) is 11.8 Å². The van der Waals surface area contributed by atoms with Crippen molar-refractivity contribution in [3.63, 3.8) is 0 Å². The van der Waals surface area contributed by atoms with Crippen LogP contribution in [0.2, 0.25) is 0 Å². The third kappa shape index (κ3) is 5.53. The molecule has 4 nitrogen and oxygen atoms in total. The van der Waals surface area contributed by atoms with Gasteiger partial charge in [-0.05, 0) is 41.8 Å². The first-order valence-electron chi connectivity index (χ1n) is 9.67. The molecular weight excluding hydrogens is 390 g/mol. The van der Waals surface area contributed by atoms with E-state index in [0.29, 0.717) is 0 Å². The molecule has 150 valence electrons. The lowest BCUT2D eigenvalue weighted by atomic mass is 10.0. The molecule has 0 spiro atoms. The smallest absolute Gasteiger partial charge is 0.267 e. The number of nitriles is 1. The summed E-state index contributed by atoms with van der Waals surface area (Å²) in [6.45, 7) is 4.13. The van der Waals surface area contributed by atoms with Crippen LogP contribution in [0.4, 0.5) is 11.4 Å². The summed E-state index contributed by atoms with van der Waals surface area (Å²) in [5, 5.41) is 15.5. The van der Waals surface area contributed by atoms with Crippen molar-refractivity contribution in [3.8, 4) is 6.07 Å². The Labute approximate surface area is 181 Å². The predicted molar refractivity (Wildman–Crippen MR) is 123 cm³/mol. The zero-order chi connectivity index (χ0) is 21.3. The zero-order valence-electron chi connectivity index (χ0n) is 16.9. The molecule has 0 radical (unpaired) electrons. The van der Waals surface area contributed by atoms with Gasteiger partial charge in [0.05, 0.1) is 5.69 Å². The van der Waals surface area contributed by atoms with Gasteiger partial charge in [0.25, 0.3) is 5.91 Å². The molecule has 0 aliphatic carbocycles. The molecule has 5 heteroatoms. The summed E-state index contributed by atoms with van der Waals surface area (Å²) >= 11 is 1.61. The summed E-state index contributed by atoms with van der Waals surface area (Å²) in [5.74, 6) is -0.178. The monoisotopic (exact) mass is 413 g/mol. The number of nitrogens with zero attached hydrogens (tertiary/aromatic N) is 1. The molecule has 0 fully saturated rings. The van der Waals surface area contributed by atoms with Crippen molar-refractivity contribution in [1.29, 1.82) is 5.26 Å². The fourth-order valence-electron chi connectivity index (χ4n) is 2.89. The fraction of sp³-hybridized carbons (Fsp3) is 0.120. The average molecular weight is 414 g/mol. The van der Waals surface area contributed by atoms with Gasteiger partial charge >= 0.3 is 0 Å². The number of carbonyl (C=O) groups is 1. The summed E-state index contributed by atoms with van der Waals surface area (Å²) in [5.41, 5.74) is 2.59. The van der Waals surface area contributed by atoms with E-state index < -0.39 is 5.91 Å². The molecule has 0 saturated carbocycles. The Kier molecular flexibility index (Phi) is 7.31. The molecule has 0 aromatic heterocycles. The van der Waals surface area contributed by atoms with E-state index >= 15 is 0 Å². The Morgan fingerprint density at radius 3 is 2.27 bits per heavy atom. The molecule has 0 heterocycles. The average Bonchev–Trinajstić information content (AvgIpc) is 2.76. The highest BCUT2D eigenvalue weighted by Crippen LogP contribution is 2.33. The maximum atomic E-state index is 12.7. The summed E-state index contributed by atoms with van der Waals surface area (Å²) < 4.78 is 0. The number of rotatable bonds is 7. The van der Waals surface area contributed by atoms with Crippen molar-refractivity contribution in [1.82, 2.24) is 0 Å². The van der Waals surface area contributed by atoms with E-state index in [1.165, 1.54) is 6.20 Å². The normalized spacial score (nSPS) is 11.1. The number of hydrogen-bond donors (Lipinski definition) is 2. The second kappa shape index (κ2) is 10.3. The van der Waals surface area contributed by atoms with Gasteiger partial charge < -0.3 is 10.6 Å². The van der Waals surface area contributed by atoms with Gasteiger partial charge in [0.15, 0.2) is 0 Å². The minimum atomic E-state index is -0.439. The Morgan fingerprint density at radius 2 is 1.57 bits per heavy atom. The highest BCUT2D eigenvalue weighted by molar-refractivity contribution is 7.99. The van der Waals surface area contributed by atoms with Crippen molar-refractivity contribution in [3.05, 3.63) is 96.2 Å². The molecule has 30 heavy (non-hydrogen) atoms. The standard InChI is InChI=1S/C25H23N3OS/c1-18(2)21-12-6-7-13-22(21)28-25(29)19(16-26)17-27-23-14-8-9-15-24(23)30-20-10-4-3-5-11-20/h3-15,17-18,27H,1-2H3,(H,28,29)/b19-17-. The topological polar surface area (TPSA) is 64.9 Å². The van der Waals surface area contributed by atoms with Crippen LogP contribution in [0.25, 0.3) is 0 Å². The number of para-hydroxylation sites is 2. The first-order valence-corrected chi connectivity index (χ1v) is 10.5.